The summed E-state index contributed by atoms with van der Waals surface area (Å²) in [5, 5.41) is 23.7. The third kappa shape index (κ3) is 4.00. The minimum absolute atomic E-state index is 0.212. The van der Waals surface area contributed by atoms with Gasteiger partial charge in [-0.3, -0.25) is 9.79 Å². The number of fused-ring (bicyclic) bond motifs is 1. The first-order chi connectivity index (χ1) is 15.9. The Kier molecular flexibility index (Phi) is 5.84. The van der Waals surface area contributed by atoms with Crippen molar-refractivity contribution in [2.75, 3.05) is 11.9 Å². The van der Waals surface area contributed by atoms with E-state index in [0.717, 1.165) is 30.4 Å². The summed E-state index contributed by atoms with van der Waals surface area (Å²) in [6, 6.07) is 4.11. The summed E-state index contributed by atoms with van der Waals surface area (Å²) in [6.45, 7) is 2.77. The monoisotopic (exact) mass is 453 g/mol. The molecule has 1 saturated heterocycles. The number of hydrogen-bond donors (Lipinski definition) is 3. The summed E-state index contributed by atoms with van der Waals surface area (Å²) >= 11 is 0. The van der Waals surface area contributed by atoms with Gasteiger partial charge < -0.3 is 20.4 Å². The summed E-state index contributed by atoms with van der Waals surface area (Å²) in [6.07, 6.45) is 3.33. The summed E-state index contributed by atoms with van der Waals surface area (Å²) in [5.74, 6) is -0.0889. The van der Waals surface area contributed by atoms with Crippen molar-refractivity contribution in [2.24, 2.45) is 4.99 Å². The number of aliphatic imine (C=N–C) groups is 1. The highest BCUT2D eigenvalue weighted by Gasteiger charge is 2.38. The first-order valence-electron chi connectivity index (χ1n) is 11.5. The van der Waals surface area contributed by atoms with Crippen LogP contribution < -0.4 is 5.32 Å². The molecule has 0 unspecified atom stereocenters. The maximum Gasteiger partial charge on any atom is 0.273 e. The smallest absolute Gasteiger partial charge is 0.273 e. The Balaban J connectivity index is 1.43. The molecular weight excluding hydrogens is 425 g/mol. The van der Waals surface area contributed by atoms with E-state index in [-0.39, 0.29) is 30.4 Å². The Labute approximate surface area is 191 Å². The fraction of sp³-hybridized carbons (Fsp3) is 0.500. The predicted octanol–water partition coefficient (Wildman–Crippen LogP) is 2.28. The van der Waals surface area contributed by atoms with E-state index < -0.39 is 12.2 Å². The molecule has 3 N–H and O–H groups in total. The second-order valence-electron chi connectivity index (χ2n) is 9.11. The van der Waals surface area contributed by atoms with Crippen LogP contribution in [0.4, 0.5) is 10.2 Å². The van der Waals surface area contributed by atoms with Gasteiger partial charge in [-0.1, -0.05) is 6.07 Å². The van der Waals surface area contributed by atoms with Crippen molar-refractivity contribution >= 4 is 17.4 Å². The average molecular weight is 454 g/mol. The average Bonchev–Trinajstić information content (AvgIpc) is 3.46. The number of aromatic nitrogens is 2. The van der Waals surface area contributed by atoms with Gasteiger partial charge in [0.1, 0.15) is 23.7 Å². The molecule has 33 heavy (non-hydrogen) atoms. The second kappa shape index (κ2) is 8.79. The van der Waals surface area contributed by atoms with Crippen molar-refractivity contribution in [3.8, 4) is 0 Å². The first-order valence-corrected chi connectivity index (χ1v) is 11.5. The molecule has 2 fully saturated rings. The standard InChI is InChI=1S/C24H28FN5O3/c1-13-7-8-14(25)10-15(13)18-5-3-9-30(18)24(33)21-20-17(11-26-21)27-12-28-23(20)29-16-4-2-6-19(31)22(16)32/h7-8,10,12,16,18-19,22,31-32H,2-6,9,11H2,1H3,(H,27,28,29)/t16-,18-,19-,22+/m1/s1. The van der Waals surface area contributed by atoms with Crippen molar-refractivity contribution in [1.82, 2.24) is 14.9 Å². The second-order valence-corrected chi connectivity index (χ2v) is 9.11. The predicted molar refractivity (Wildman–Crippen MR) is 120 cm³/mol. The molecule has 174 valence electrons. The molecule has 1 aromatic heterocycles. The van der Waals surface area contributed by atoms with E-state index in [4.69, 9.17) is 0 Å². The fourth-order valence-electron chi connectivity index (χ4n) is 5.24. The number of nitrogens with zero attached hydrogens (tertiary/aromatic N) is 4. The first kappa shape index (κ1) is 21.9. The number of halogens is 1. The van der Waals surface area contributed by atoms with Gasteiger partial charge >= 0.3 is 0 Å². The summed E-state index contributed by atoms with van der Waals surface area (Å²) < 4.78 is 14.0. The molecule has 3 heterocycles. The molecule has 1 aromatic carbocycles. The van der Waals surface area contributed by atoms with Crippen molar-refractivity contribution in [3.63, 3.8) is 0 Å². The highest BCUT2D eigenvalue weighted by atomic mass is 19.1. The highest BCUT2D eigenvalue weighted by molar-refractivity contribution is 6.47. The number of benzene rings is 1. The molecule has 0 radical (unpaired) electrons. The topological polar surface area (TPSA) is 111 Å². The van der Waals surface area contributed by atoms with Crippen molar-refractivity contribution in [1.29, 1.82) is 0 Å². The zero-order chi connectivity index (χ0) is 23.1. The van der Waals surface area contributed by atoms with E-state index in [2.05, 4.69) is 20.3 Å². The lowest BCUT2D eigenvalue weighted by atomic mass is 9.90. The van der Waals surface area contributed by atoms with Crippen LogP contribution in [0.5, 0.6) is 0 Å². The van der Waals surface area contributed by atoms with Crippen LogP contribution in [0.2, 0.25) is 0 Å². The molecule has 9 heteroatoms. The number of rotatable bonds is 4. The van der Waals surface area contributed by atoms with Gasteiger partial charge in [0.25, 0.3) is 5.91 Å². The van der Waals surface area contributed by atoms with Crippen molar-refractivity contribution < 1.29 is 19.4 Å². The maximum absolute atomic E-state index is 14.0. The number of likely N-dealkylation sites (tertiary alicyclic amines) is 1. The maximum atomic E-state index is 14.0. The Morgan fingerprint density at radius 1 is 1.18 bits per heavy atom. The van der Waals surface area contributed by atoms with E-state index in [9.17, 15) is 19.4 Å². The number of aryl methyl sites for hydroxylation is 1. The molecule has 3 aliphatic rings. The minimum atomic E-state index is -0.916. The van der Waals surface area contributed by atoms with Gasteiger partial charge in [0.05, 0.1) is 42.1 Å². The van der Waals surface area contributed by atoms with Crippen LogP contribution in [0.15, 0.2) is 29.5 Å². The number of carbonyl (C=O) groups excluding carboxylic acids is 1. The van der Waals surface area contributed by atoms with Crippen molar-refractivity contribution in [3.05, 3.63) is 52.7 Å². The third-order valence-corrected chi connectivity index (χ3v) is 7.01. The lowest BCUT2D eigenvalue weighted by Crippen LogP contribution is -2.46. The van der Waals surface area contributed by atoms with Crippen LogP contribution in [-0.2, 0) is 11.3 Å². The number of carbonyl (C=O) groups is 1. The third-order valence-electron chi connectivity index (χ3n) is 7.01. The van der Waals surface area contributed by atoms with Crippen LogP contribution >= 0.6 is 0 Å². The van der Waals surface area contributed by atoms with Crippen molar-refractivity contribution in [2.45, 2.75) is 69.9 Å². The van der Waals surface area contributed by atoms with Gasteiger partial charge in [0.2, 0.25) is 0 Å². The molecule has 2 aliphatic heterocycles. The fourth-order valence-corrected chi connectivity index (χ4v) is 5.24. The lowest BCUT2D eigenvalue weighted by Gasteiger charge is -2.33. The zero-order valence-corrected chi connectivity index (χ0v) is 18.5. The number of hydrogen-bond acceptors (Lipinski definition) is 7. The van der Waals surface area contributed by atoms with Crippen LogP contribution in [0.25, 0.3) is 0 Å². The van der Waals surface area contributed by atoms with Gasteiger partial charge in [-0.25, -0.2) is 14.4 Å². The van der Waals surface area contributed by atoms with Gasteiger partial charge in [-0.2, -0.15) is 0 Å². The minimum Gasteiger partial charge on any atom is -0.390 e. The molecule has 1 aliphatic carbocycles. The Bertz CT molecular complexity index is 1110. The molecule has 2 aromatic rings. The van der Waals surface area contributed by atoms with Crippen LogP contribution in [0, 0.1) is 12.7 Å². The van der Waals surface area contributed by atoms with Crippen LogP contribution in [0.1, 0.15) is 60.5 Å². The molecule has 0 spiro atoms. The summed E-state index contributed by atoms with van der Waals surface area (Å²) in [5.41, 5.74) is 3.27. The van der Waals surface area contributed by atoms with Crippen LogP contribution in [0.3, 0.4) is 0 Å². The normalized spacial score (nSPS) is 26.8. The number of aliphatic hydroxyl groups is 2. The van der Waals surface area contributed by atoms with E-state index >= 15 is 0 Å². The molecule has 1 saturated carbocycles. The molecule has 8 nitrogen and oxygen atoms in total. The molecule has 4 atom stereocenters. The number of anilines is 1. The number of nitrogens with one attached hydrogen (secondary N) is 1. The van der Waals surface area contributed by atoms with E-state index in [1.165, 1.54) is 18.5 Å². The zero-order valence-electron chi connectivity index (χ0n) is 18.5. The van der Waals surface area contributed by atoms with Gasteiger partial charge in [0, 0.05) is 6.54 Å². The summed E-state index contributed by atoms with van der Waals surface area (Å²) in [4.78, 5) is 28.6. The molecule has 0 bridgehead atoms. The van der Waals surface area contributed by atoms with Crippen LogP contribution in [-0.4, -0.2) is 61.5 Å². The number of amides is 1. The lowest BCUT2D eigenvalue weighted by molar-refractivity contribution is -0.124. The van der Waals surface area contributed by atoms with E-state index in [1.807, 2.05) is 6.92 Å². The van der Waals surface area contributed by atoms with Gasteiger partial charge in [-0.05, 0) is 62.3 Å². The Hall–Kier alpha value is -2.91. The van der Waals surface area contributed by atoms with E-state index in [0.29, 0.717) is 42.2 Å². The van der Waals surface area contributed by atoms with Gasteiger partial charge in [-0.15, -0.1) is 0 Å². The largest absolute Gasteiger partial charge is 0.390 e. The quantitative estimate of drug-likeness (QED) is 0.655. The molecule has 5 rings (SSSR count). The Morgan fingerprint density at radius 2 is 2.03 bits per heavy atom. The highest BCUT2D eigenvalue weighted by Crippen LogP contribution is 2.36. The molecular formula is C24H28FN5O3. The summed E-state index contributed by atoms with van der Waals surface area (Å²) in [7, 11) is 0. The SMILES string of the molecule is Cc1ccc(F)cc1[C@H]1CCCN1C(=O)C1=NCc2ncnc(N[C@@H]3CCC[C@@H](O)[C@H]3O)c21. The number of aliphatic hydroxyl groups excluding tert-OH is 2. The van der Waals surface area contributed by atoms with Gasteiger partial charge in [0.15, 0.2) is 0 Å². The van der Waals surface area contributed by atoms with E-state index in [1.54, 1.807) is 11.0 Å². The Morgan fingerprint density at radius 3 is 2.88 bits per heavy atom. The molecule has 1 amide bonds.